The van der Waals surface area contributed by atoms with Gasteiger partial charge in [0.2, 0.25) is 5.91 Å². The molecule has 26 heavy (non-hydrogen) atoms. The predicted octanol–water partition coefficient (Wildman–Crippen LogP) is 3.39. The molecule has 4 nitrogen and oxygen atoms in total. The third-order valence-corrected chi connectivity index (χ3v) is 5.14. The summed E-state index contributed by atoms with van der Waals surface area (Å²) in [4.78, 5) is 24.4. The van der Waals surface area contributed by atoms with Gasteiger partial charge in [0.25, 0.3) is 0 Å². The predicted molar refractivity (Wildman–Crippen MR) is 101 cm³/mol. The average Bonchev–Trinajstić information content (AvgIpc) is 3.40. The van der Waals surface area contributed by atoms with Gasteiger partial charge in [0.15, 0.2) is 0 Å². The molecule has 1 saturated carbocycles. The second-order valence-electron chi connectivity index (χ2n) is 7.39. The Morgan fingerprint density at radius 3 is 2.23 bits per heavy atom. The smallest absolute Gasteiger partial charge is 0.308 e. The van der Waals surface area contributed by atoms with Crippen molar-refractivity contribution in [3.05, 3.63) is 70.8 Å². The molecule has 0 saturated heterocycles. The van der Waals surface area contributed by atoms with E-state index >= 15 is 0 Å². The molecule has 0 bridgehead atoms. The van der Waals surface area contributed by atoms with Crippen LogP contribution in [0.3, 0.4) is 0 Å². The summed E-state index contributed by atoms with van der Waals surface area (Å²) >= 11 is 0. The highest BCUT2D eigenvalue weighted by Crippen LogP contribution is 2.48. The molecule has 1 atom stereocenters. The van der Waals surface area contributed by atoms with Gasteiger partial charge in [-0.25, -0.2) is 0 Å². The van der Waals surface area contributed by atoms with Crippen molar-refractivity contribution in [3.8, 4) is 0 Å². The second kappa shape index (κ2) is 7.32. The molecule has 0 heterocycles. The number of amides is 1. The standard InChI is InChI=1S/C22H25NO3/c1-15-10-16(2)12-19(11-15)22(8-9-22)21(26)23-14-18(20(24)25)13-17-6-4-3-5-7-17/h3-7,10-12,18H,8-9,13-14H2,1-2H3,(H,23,26)(H,24,25). The second-order valence-corrected chi connectivity index (χ2v) is 7.39. The number of carboxylic acids is 1. The molecule has 3 rings (SSSR count). The van der Waals surface area contributed by atoms with E-state index in [0.717, 1.165) is 35.1 Å². The van der Waals surface area contributed by atoms with E-state index in [0.29, 0.717) is 6.42 Å². The van der Waals surface area contributed by atoms with Crippen LogP contribution in [0, 0.1) is 19.8 Å². The van der Waals surface area contributed by atoms with Crippen molar-refractivity contribution >= 4 is 11.9 Å². The lowest BCUT2D eigenvalue weighted by molar-refractivity contribution is -0.141. The number of nitrogens with one attached hydrogen (secondary N) is 1. The molecule has 1 amide bonds. The number of hydrogen-bond acceptors (Lipinski definition) is 2. The van der Waals surface area contributed by atoms with Crippen molar-refractivity contribution in [2.45, 2.75) is 38.5 Å². The number of aryl methyl sites for hydroxylation is 2. The Labute approximate surface area is 154 Å². The van der Waals surface area contributed by atoms with Crippen molar-refractivity contribution < 1.29 is 14.7 Å². The molecule has 4 heteroatoms. The lowest BCUT2D eigenvalue weighted by Crippen LogP contribution is -2.40. The molecule has 1 unspecified atom stereocenters. The number of carboxylic acid groups (broad SMARTS) is 1. The summed E-state index contributed by atoms with van der Waals surface area (Å²) in [5.74, 6) is -1.57. The SMILES string of the molecule is Cc1cc(C)cc(C2(C(=O)NCC(Cc3ccccc3)C(=O)O)CC2)c1. The van der Waals surface area contributed by atoms with Crippen LogP contribution in [0.5, 0.6) is 0 Å². The zero-order valence-corrected chi connectivity index (χ0v) is 15.3. The largest absolute Gasteiger partial charge is 0.481 e. The number of rotatable bonds is 7. The van der Waals surface area contributed by atoms with E-state index in [4.69, 9.17) is 0 Å². The normalized spacial score (nSPS) is 15.9. The van der Waals surface area contributed by atoms with Crippen LogP contribution in [0.1, 0.15) is 35.1 Å². The molecule has 1 fully saturated rings. The third kappa shape index (κ3) is 3.96. The zero-order chi connectivity index (χ0) is 18.7. The van der Waals surface area contributed by atoms with E-state index in [-0.39, 0.29) is 12.5 Å². The van der Waals surface area contributed by atoms with Crippen molar-refractivity contribution in [1.29, 1.82) is 0 Å². The van der Waals surface area contributed by atoms with Gasteiger partial charge in [0, 0.05) is 6.54 Å². The van der Waals surface area contributed by atoms with Gasteiger partial charge in [-0.2, -0.15) is 0 Å². The van der Waals surface area contributed by atoms with Crippen LogP contribution >= 0.6 is 0 Å². The highest BCUT2D eigenvalue weighted by molar-refractivity contribution is 5.91. The number of carbonyl (C=O) groups is 2. The molecule has 0 aliphatic heterocycles. The van der Waals surface area contributed by atoms with Gasteiger partial charge in [-0.15, -0.1) is 0 Å². The molecule has 0 aromatic heterocycles. The first-order chi connectivity index (χ1) is 12.4. The minimum atomic E-state index is -0.884. The summed E-state index contributed by atoms with van der Waals surface area (Å²) < 4.78 is 0. The van der Waals surface area contributed by atoms with Crippen LogP contribution in [0.15, 0.2) is 48.5 Å². The van der Waals surface area contributed by atoms with E-state index < -0.39 is 17.3 Å². The van der Waals surface area contributed by atoms with E-state index in [1.165, 1.54) is 0 Å². The first kappa shape index (κ1) is 18.2. The third-order valence-electron chi connectivity index (χ3n) is 5.14. The molecule has 2 N–H and O–H groups in total. The van der Waals surface area contributed by atoms with Gasteiger partial charge in [0.05, 0.1) is 11.3 Å². The molecule has 0 radical (unpaired) electrons. The van der Waals surface area contributed by atoms with Crippen molar-refractivity contribution in [2.24, 2.45) is 5.92 Å². The quantitative estimate of drug-likeness (QED) is 0.803. The van der Waals surface area contributed by atoms with Crippen LogP contribution in [-0.4, -0.2) is 23.5 Å². The Morgan fingerprint density at radius 1 is 1.08 bits per heavy atom. The van der Waals surface area contributed by atoms with Crippen molar-refractivity contribution in [1.82, 2.24) is 5.32 Å². The molecule has 2 aromatic rings. The Balaban J connectivity index is 1.67. The maximum Gasteiger partial charge on any atom is 0.308 e. The van der Waals surface area contributed by atoms with Crippen LogP contribution in [-0.2, 0) is 21.4 Å². The Kier molecular flexibility index (Phi) is 5.12. The minimum absolute atomic E-state index is 0.0539. The molecule has 0 spiro atoms. The molecule has 1 aliphatic rings. The zero-order valence-electron chi connectivity index (χ0n) is 15.3. The Morgan fingerprint density at radius 2 is 1.69 bits per heavy atom. The van der Waals surface area contributed by atoms with Crippen LogP contribution in [0.4, 0.5) is 0 Å². The number of aliphatic carboxylic acids is 1. The highest BCUT2D eigenvalue weighted by atomic mass is 16.4. The fraction of sp³-hybridized carbons (Fsp3) is 0.364. The first-order valence-corrected chi connectivity index (χ1v) is 9.04. The minimum Gasteiger partial charge on any atom is -0.481 e. The van der Waals surface area contributed by atoms with Crippen LogP contribution in [0.25, 0.3) is 0 Å². The summed E-state index contributed by atoms with van der Waals surface area (Å²) in [6.07, 6.45) is 2.04. The fourth-order valence-electron chi connectivity index (χ4n) is 3.55. The van der Waals surface area contributed by atoms with E-state index in [2.05, 4.69) is 23.5 Å². The molecular weight excluding hydrogens is 326 g/mol. The van der Waals surface area contributed by atoms with E-state index in [9.17, 15) is 14.7 Å². The summed E-state index contributed by atoms with van der Waals surface area (Å²) in [5, 5.41) is 12.4. The molecule has 2 aromatic carbocycles. The first-order valence-electron chi connectivity index (χ1n) is 9.04. The topological polar surface area (TPSA) is 66.4 Å². The lowest BCUT2D eigenvalue weighted by atomic mass is 9.91. The summed E-state index contributed by atoms with van der Waals surface area (Å²) in [5.41, 5.74) is 3.82. The fourth-order valence-corrected chi connectivity index (χ4v) is 3.55. The summed E-state index contributed by atoms with van der Waals surface area (Å²) in [7, 11) is 0. The average molecular weight is 351 g/mol. The highest BCUT2D eigenvalue weighted by Gasteiger charge is 2.51. The monoisotopic (exact) mass is 351 g/mol. The summed E-state index contributed by atoms with van der Waals surface area (Å²) in [6, 6.07) is 15.7. The van der Waals surface area contributed by atoms with Gasteiger partial charge in [0.1, 0.15) is 0 Å². The molecular formula is C22H25NO3. The maximum atomic E-state index is 12.8. The van der Waals surface area contributed by atoms with Crippen LogP contribution in [0.2, 0.25) is 0 Å². The van der Waals surface area contributed by atoms with E-state index in [1.54, 1.807) is 0 Å². The Bertz CT molecular complexity index is 789. The molecule has 136 valence electrons. The maximum absolute atomic E-state index is 12.8. The van der Waals surface area contributed by atoms with Crippen molar-refractivity contribution in [3.63, 3.8) is 0 Å². The lowest BCUT2D eigenvalue weighted by Gasteiger charge is -2.19. The van der Waals surface area contributed by atoms with Gasteiger partial charge in [-0.1, -0.05) is 59.7 Å². The van der Waals surface area contributed by atoms with Gasteiger partial charge < -0.3 is 10.4 Å². The summed E-state index contributed by atoms with van der Waals surface area (Å²) in [6.45, 7) is 4.21. The van der Waals surface area contributed by atoms with Gasteiger partial charge in [-0.05, 0) is 44.2 Å². The molecule has 1 aliphatic carbocycles. The van der Waals surface area contributed by atoms with E-state index in [1.807, 2.05) is 44.2 Å². The number of hydrogen-bond donors (Lipinski definition) is 2. The number of benzene rings is 2. The van der Waals surface area contributed by atoms with Crippen LogP contribution < -0.4 is 5.32 Å². The van der Waals surface area contributed by atoms with Gasteiger partial charge in [-0.3, -0.25) is 9.59 Å². The van der Waals surface area contributed by atoms with Crippen molar-refractivity contribution in [2.75, 3.05) is 6.54 Å². The number of carbonyl (C=O) groups excluding carboxylic acids is 1. The van der Waals surface area contributed by atoms with Gasteiger partial charge >= 0.3 is 5.97 Å². The Hall–Kier alpha value is -2.62.